The fraction of sp³-hybridized carbons (Fsp3) is 0.0833. The van der Waals surface area contributed by atoms with Gasteiger partial charge in [0.1, 0.15) is 0 Å². The molecule has 0 N–H and O–H groups in total. The average Bonchev–Trinajstić information content (AvgIpc) is 2.30. The van der Waals surface area contributed by atoms with E-state index in [1.54, 1.807) is 6.20 Å². The summed E-state index contributed by atoms with van der Waals surface area (Å²) < 4.78 is 0. The van der Waals surface area contributed by atoms with Crippen molar-refractivity contribution >= 4 is 7.85 Å². The summed E-state index contributed by atoms with van der Waals surface area (Å²) in [6.07, 6.45) is 2.38. The molecule has 0 aliphatic carbocycles. The number of hydrogen-bond acceptors (Lipinski definition) is 1. The standard InChI is InChI=1S/C12H10BN/c13-9-10-4-6-11(7-5-10)12-3-1-2-8-14-12/h1-8H,9H2. The summed E-state index contributed by atoms with van der Waals surface area (Å²) in [5.74, 6) is 0. The first-order chi connectivity index (χ1) is 6.90. The van der Waals surface area contributed by atoms with E-state index in [1.165, 1.54) is 0 Å². The Morgan fingerprint density at radius 2 is 1.79 bits per heavy atom. The minimum Gasteiger partial charge on any atom is -0.256 e. The minimum atomic E-state index is 0.586. The second-order valence-electron chi connectivity index (χ2n) is 3.12. The molecule has 0 saturated carbocycles. The molecule has 1 nitrogen and oxygen atoms in total. The van der Waals surface area contributed by atoms with Gasteiger partial charge in [-0.25, -0.2) is 0 Å². The van der Waals surface area contributed by atoms with Crippen LogP contribution in [0.3, 0.4) is 0 Å². The lowest BCUT2D eigenvalue weighted by Gasteiger charge is -2.01. The first-order valence-corrected chi connectivity index (χ1v) is 4.60. The van der Waals surface area contributed by atoms with Crippen LogP contribution in [0.25, 0.3) is 11.3 Å². The highest BCUT2D eigenvalue weighted by Crippen LogP contribution is 2.16. The summed E-state index contributed by atoms with van der Waals surface area (Å²) in [6, 6.07) is 14.1. The van der Waals surface area contributed by atoms with E-state index in [0.717, 1.165) is 16.8 Å². The van der Waals surface area contributed by atoms with Gasteiger partial charge in [-0.15, -0.1) is 0 Å². The van der Waals surface area contributed by atoms with Crippen molar-refractivity contribution in [3.8, 4) is 11.3 Å². The van der Waals surface area contributed by atoms with Crippen LogP contribution in [0.5, 0.6) is 0 Å². The van der Waals surface area contributed by atoms with Gasteiger partial charge in [0.15, 0.2) is 0 Å². The minimum absolute atomic E-state index is 0.586. The summed E-state index contributed by atoms with van der Waals surface area (Å²) in [7, 11) is 5.52. The van der Waals surface area contributed by atoms with Crippen LogP contribution in [0.4, 0.5) is 0 Å². The van der Waals surface area contributed by atoms with Crippen molar-refractivity contribution in [3.63, 3.8) is 0 Å². The third-order valence-electron chi connectivity index (χ3n) is 2.15. The van der Waals surface area contributed by atoms with Crippen LogP contribution < -0.4 is 0 Å². The van der Waals surface area contributed by atoms with Crippen LogP contribution in [-0.4, -0.2) is 12.8 Å². The maximum Gasteiger partial charge on any atom is 0.0716 e. The molecule has 1 aromatic heterocycles. The molecule has 0 atom stereocenters. The zero-order valence-electron chi connectivity index (χ0n) is 7.85. The lowest BCUT2D eigenvalue weighted by molar-refractivity contribution is 1.32. The lowest BCUT2D eigenvalue weighted by atomic mass is 9.96. The highest BCUT2D eigenvalue weighted by atomic mass is 14.7. The highest BCUT2D eigenvalue weighted by molar-refractivity contribution is 6.08. The van der Waals surface area contributed by atoms with Crippen LogP contribution >= 0.6 is 0 Å². The van der Waals surface area contributed by atoms with Gasteiger partial charge in [0, 0.05) is 11.8 Å². The van der Waals surface area contributed by atoms with E-state index >= 15 is 0 Å². The molecule has 2 aromatic rings. The smallest absolute Gasteiger partial charge is 0.0716 e. The van der Waals surface area contributed by atoms with E-state index in [0.29, 0.717) is 6.32 Å². The Hall–Kier alpha value is -1.57. The Morgan fingerprint density at radius 3 is 2.36 bits per heavy atom. The molecular formula is C12H10BN. The summed E-state index contributed by atoms with van der Waals surface area (Å²) in [5.41, 5.74) is 3.27. The van der Waals surface area contributed by atoms with Crippen molar-refractivity contribution in [2.24, 2.45) is 0 Å². The van der Waals surface area contributed by atoms with E-state index < -0.39 is 0 Å². The van der Waals surface area contributed by atoms with Crippen molar-refractivity contribution in [2.75, 3.05) is 0 Å². The van der Waals surface area contributed by atoms with E-state index in [4.69, 9.17) is 7.85 Å². The van der Waals surface area contributed by atoms with Crippen molar-refractivity contribution in [2.45, 2.75) is 6.32 Å². The molecule has 0 unspecified atom stereocenters. The Bertz CT molecular complexity index is 394. The van der Waals surface area contributed by atoms with Crippen molar-refractivity contribution in [1.29, 1.82) is 0 Å². The van der Waals surface area contributed by atoms with E-state index in [1.807, 2.05) is 42.5 Å². The third kappa shape index (κ3) is 1.85. The van der Waals surface area contributed by atoms with Gasteiger partial charge in [-0.3, -0.25) is 4.98 Å². The molecule has 0 aliphatic heterocycles. The normalized spacial score (nSPS) is 10.0. The van der Waals surface area contributed by atoms with Gasteiger partial charge in [0.05, 0.1) is 13.5 Å². The molecule has 0 fully saturated rings. The quantitative estimate of drug-likeness (QED) is 0.645. The second-order valence-corrected chi connectivity index (χ2v) is 3.12. The average molecular weight is 179 g/mol. The molecule has 14 heavy (non-hydrogen) atoms. The molecule has 0 amide bonds. The molecule has 0 aliphatic rings. The Labute approximate surface area is 85.2 Å². The van der Waals surface area contributed by atoms with Crippen LogP contribution in [0.1, 0.15) is 5.56 Å². The summed E-state index contributed by atoms with van der Waals surface area (Å²) in [5, 5.41) is 0. The summed E-state index contributed by atoms with van der Waals surface area (Å²) in [6.45, 7) is 0. The Balaban J connectivity index is 2.34. The zero-order chi connectivity index (χ0) is 9.80. The number of aromatic nitrogens is 1. The SMILES string of the molecule is [B]Cc1ccc(-c2ccccn2)cc1. The number of pyridine rings is 1. The molecule has 0 spiro atoms. The number of nitrogens with zero attached hydrogens (tertiary/aromatic N) is 1. The predicted octanol–water partition coefficient (Wildman–Crippen LogP) is 2.42. The van der Waals surface area contributed by atoms with E-state index in [9.17, 15) is 0 Å². The molecule has 2 radical (unpaired) electrons. The predicted molar refractivity (Wildman–Crippen MR) is 59.1 cm³/mol. The first kappa shape index (κ1) is 9.01. The van der Waals surface area contributed by atoms with E-state index in [-0.39, 0.29) is 0 Å². The third-order valence-corrected chi connectivity index (χ3v) is 2.15. The van der Waals surface area contributed by atoms with Gasteiger partial charge < -0.3 is 0 Å². The molecular weight excluding hydrogens is 169 g/mol. The topological polar surface area (TPSA) is 12.9 Å². The Kier molecular flexibility index (Phi) is 2.64. The van der Waals surface area contributed by atoms with Gasteiger partial charge in [-0.05, 0) is 12.1 Å². The van der Waals surface area contributed by atoms with Crippen molar-refractivity contribution < 1.29 is 0 Å². The van der Waals surface area contributed by atoms with Crippen LogP contribution in [-0.2, 0) is 6.32 Å². The van der Waals surface area contributed by atoms with Crippen LogP contribution in [0.2, 0.25) is 0 Å². The van der Waals surface area contributed by atoms with Gasteiger partial charge in [0.2, 0.25) is 0 Å². The molecule has 0 bridgehead atoms. The van der Waals surface area contributed by atoms with Gasteiger partial charge in [-0.2, -0.15) is 0 Å². The highest BCUT2D eigenvalue weighted by Gasteiger charge is 1.96. The van der Waals surface area contributed by atoms with Crippen molar-refractivity contribution in [3.05, 3.63) is 54.2 Å². The molecule has 1 aromatic carbocycles. The van der Waals surface area contributed by atoms with Gasteiger partial charge in [0.25, 0.3) is 0 Å². The lowest BCUT2D eigenvalue weighted by Crippen LogP contribution is -1.85. The largest absolute Gasteiger partial charge is 0.256 e. The number of hydrogen-bond donors (Lipinski definition) is 0. The monoisotopic (exact) mass is 179 g/mol. The van der Waals surface area contributed by atoms with Crippen LogP contribution in [0, 0.1) is 0 Å². The Morgan fingerprint density at radius 1 is 1.00 bits per heavy atom. The maximum atomic E-state index is 5.52. The van der Waals surface area contributed by atoms with Gasteiger partial charge in [-0.1, -0.05) is 42.2 Å². The van der Waals surface area contributed by atoms with E-state index in [2.05, 4.69) is 4.98 Å². The molecule has 66 valence electrons. The summed E-state index contributed by atoms with van der Waals surface area (Å²) >= 11 is 0. The maximum absolute atomic E-state index is 5.52. The first-order valence-electron chi connectivity index (χ1n) is 4.60. The molecule has 2 rings (SSSR count). The molecule has 1 heterocycles. The van der Waals surface area contributed by atoms with Crippen LogP contribution in [0.15, 0.2) is 48.7 Å². The fourth-order valence-corrected chi connectivity index (χ4v) is 1.35. The number of rotatable bonds is 2. The zero-order valence-corrected chi connectivity index (χ0v) is 7.85. The fourth-order valence-electron chi connectivity index (χ4n) is 1.35. The number of benzene rings is 1. The summed E-state index contributed by atoms with van der Waals surface area (Å²) in [4.78, 5) is 4.27. The molecule has 2 heteroatoms. The van der Waals surface area contributed by atoms with Gasteiger partial charge >= 0.3 is 0 Å². The van der Waals surface area contributed by atoms with Crippen molar-refractivity contribution in [1.82, 2.24) is 4.98 Å². The second kappa shape index (κ2) is 4.10. The molecule has 0 saturated heterocycles.